The maximum Gasteiger partial charge on any atom is 0.240 e. The molecule has 1 N–H and O–H groups in total. The molecule has 1 aliphatic rings. The SMILES string of the molecule is CCNC(=O)CN1C(=O)C[C@](C)(C(C)C)C1=O. The lowest BCUT2D eigenvalue weighted by molar-refractivity contribution is -0.145. The van der Waals surface area contributed by atoms with Crippen molar-refractivity contribution >= 4 is 17.7 Å². The summed E-state index contributed by atoms with van der Waals surface area (Å²) in [6.07, 6.45) is 0.197. The van der Waals surface area contributed by atoms with Gasteiger partial charge in [0.15, 0.2) is 0 Å². The number of nitrogens with zero attached hydrogens (tertiary/aromatic N) is 1. The summed E-state index contributed by atoms with van der Waals surface area (Å²) in [5.74, 6) is -0.693. The summed E-state index contributed by atoms with van der Waals surface area (Å²) >= 11 is 0. The third-order valence-electron chi connectivity index (χ3n) is 3.50. The Morgan fingerprint density at radius 2 is 2.06 bits per heavy atom. The van der Waals surface area contributed by atoms with E-state index < -0.39 is 5.41 Å². The molecule has 1 heterocycles. The van der Waals surface area contributed by atoms with Gasteiger partial charge in [0.2, 0.25) is 17.7 Å². The molecule has 96 valence electrons. The average Bonchev–Trinajstić information content (AvgIpc) is 2.44. The molecule has 1 atom stereocenters. The van der Waals surface area contributed by atoms with Crippen molar-refractivity contribution in [3.05, 3.63) is 0 Å². The number of nitrogens with one attached hydrogen (secondary N) is 1. The largest absolute Gasteiger partial charge is 0.355 e. The summed E-state index contributed by atoms with van der Waals surface area (Å²) in [7, 11) is 0. The van der Waals surface area contributed by atoms with E-state index in [9.17, 15) is 14.4 Å². The number of carbonyl (C=O) groups is 3. The van der Waals surface area contributed by atoms with Gasteiger partial charge in [-0.25, -0.2) is 0 Å². The van der Waals surface area contributed by atoms with E-state index in [-0.39, 0.29) is 36.6 Å². The van der Waals surface area contributed by atoms with Gasteiger partial charge < -0.3 is 5.32 Å². The smallest absolute Gasteiger partial charge is 0.240 e. The maximum absolute atomic E-state index is 12.1. The van der Waals surface area contributed by atoms with E-state index in [0.29, 0.717) is 6.54 Å². The lowest BCUT2D eigenvalue weighted by Gasteiger charge is -2.25. The summed E-state index contributed by atoms with van der Waals surface area (Å²) in [6.45, 7) is 7.76. The van der Waals surface area contributed by atoms with Crippen molar-refractivity contribution in [2.24, 2.45) is 11.3 Å². The van der Waals surface area contributed by atoms with Crippen molar-refractivity contribution in [3.63, 3.8) is 0 Å². The molecule has 1 fully saturated rings. The fourth-order valence-corrected chi connectivity index (χ4v) is 1.91. The molecule has 0 unspecified atom stereocenters. The monoisotopic (exact) mass is 240 g/mol. The Labute approximate surface area is 102 Å². The zero-order valence-electron chi connectivity index (χ0n) is 10.9. The molecule has 0 aromatic carbocycles. The van der Waals surface area contributed by atoms with Gasteiger partial charge >= 0.3 is 0 Å². The van der Waals surface area contributed by atoms with Crippen LogP contribution in [0.5, 0.6) is 0 Å². The molecule has 0 aromatic heterocycles. The molecule has 0 saturated carbocycles. The number of carbonyl (C=O) groups excluding carboxylic acids is 3. The molecular formula is C12H20N2O3. The lowest BCUT2D eigenvalue weighted by atomic mass is 9.78. The van der Waals surface area contributed by atoms with Crippen LogP contribution >= 0.6 is 0 Å². The second-order valence-corrected chi connectivity index (χ2v) is 4.99. The number of rotatable bonds is 4. The van der Waals surface area contributed by atoms with E-state index in [4.69, 9.17) is 0 Å². The molecule has 0 aromatic rings. The van der Waals surface area contributed by atoms with Crippen molar-refractivity contribution in [2.75, 3.05) is 13.1 Å². The van der Waals surface area contributed by atoms with Crippen molar-refractivity contribution in [2.45, 2.75) is 34.1 Å². The van der Waals surface area contributed by atoms with Crippen LogP contribution in [0.1, 0.15) is 34.1 Å². The molecule has 1 saturated heterocycles. The third-order valence-corrected chi connectivity index (χ3v) is 3.50. The molecule has 0 spiro atoms. The lowest BCUT2D eigenvalue weighted by Crippen LogP contribution is -2.43. The van der Waals surface area contributed by atoms with Crippen molar-refractivity contribution < 1.29 is 14.4 Å². The van der Waals surface area contributed by atoms with Crippen molar-refractivity contribution in [1.82, 2.24) is 10.2 Å². The standard InChI is InChI=1S/C12H20N2O3/c1-5-13-9(15)7-14-10(16)6-12(4,8(2)3)11(14)17/h8H,5-7H2,1-4H3,(H,13,15)/t12-/m1/s1. The molecule has 1 rings (SSSR count). The van der Waals surface area contributed by atoms with Gasteiger partial charge in [-0.05, 0) is 19.8 Å². The van der Waals surface area contributed by atoms with Gasteiger partial charge in [-0.15, -0.1) is 0 Å². The van der Waals surface area contributed by atoms with Gasteiger partial charge in [-0.2, -0.15) is 0 Å². The first-order valence-corrected chi connectivity index (χ1v) is 5.94. The molecule has 5 nitrogen and oxygen atoms in total. The number of imide groups is 1. The van der Waals surface area contributed by atoms with Crippen LogP contribution in [0.4, 0.5) is 0 Å². The average molecular weight is 240 g/mol. The van der Waals surface area contributed by atoms with Crippen LogP contribution in [0.25, 0.3) is 0 Å². The highest BCUT2D eigenvalue weighted by Crippen LogP contribution is 2.38. The fraction of sp³-hybridized carbons (Fsp3) is 0.750. The first-order valence-electron chi connectivity index (χ1n) is 5.94. The van der Waals surface area contributed by atoms with Crippen LogP contribution in [-0.2, 0) is 14.4 Å². The summed E-state index contributed by atoms with van der Waals surface area (Å²) < 4.78 is 0. The molecule has 3 amide bonds. The van der Waals surface area contributed by atoms with E-state index >= 15 is 0 Å². The van der Waals surface area contributed by atoms with Crippen molar-refractivity contribution in [3.8, 4) is 0 Å². The second-order valence-electron chi connectivity index (χ2n) is 4.99. The fourth-order valence-electron chi connectivity index (χ4n) is 1.91. The van der Waals surface area contributed by atoms with Crippen LogP contribution in [0.2, 0.25) is 0 Å². The summed E-state index contributed by atoms with van der Waals surface area (Å²) in [5, 5.41) is 2.59. The first-order chi connectivity index (χ1) is 7.82. The van der Waals surface area contributed by atoms with Crippen LogP contribution in [0.15, 0.2) is 0 Å². The number of hydrogen-bond donors (Lipinski definition) is 1. The Balaban J connectivity index is 2.80. The number of amides is 3. The highest BCUT2D eigenvalue weighted by molar-refractivity contribution is 6.07. The Morgan fingerprint density at radius 1 is 1.47 bits per heavy atom. The van der Waals surface area contributed by atoms with E-state index in [2.05, 4.69) is 5.32 Å². The Hall–Kier alpha value is -1.39. The van der Waals surface area contributed by atoms with E-state index in [1.807, 2.05) is 13.8 Å². The number of hydrogen-bond acceptors (Lipinski definition) is 3. The van der Waals surface area contributed by atoms with Gasteiger partial charge in [-0.3, -0.25) is 19.3 Å². The van der Waals surface area contributed by atoms with Gasteiger partial charge in [0.05, 0.1) is 5.41 Å². The van der Waals surface area contributed by atoms with Crippen LogP contribution < -0.4 is 5.32 Å². The topological polar surface area (TPSA) is 66.5 Å². The third kappa shape index (κ3) is 2.48. The van der Waals surface area contributed by atoms with E-state index in [1.54, 1.807) is 13.8 Å². The van der Waals surface area contributed by atoms with E-state index in [1.165, 1.54) is 0 Å². The van der Waals surface area contributed by atoms with Crippen LogP contribution in [0.3, 0.4) is 0 Å². The van der Waals surface area contributed by atoms with Gasteiger partial charge in [0.25, 0.3) is 0 Å². The number of likely N-dealkylation sites (tertiary alicyclic amines) is 1. The van der Waals surface area contributed by atoms with E-state index in [0.717, 1.165) is 4.90 Å². The zero-order chi connectivity index (χ0) is 13.2. The molecule has 0 radical (unpaired) electrons. The van der Waals surface area contributed by atoms with Crippen LogP contribution in [-0.4, -0.2) is 35.7 Å². The van der Waals surface area contributed by atoms with Crippen LogP contribution in [0, 0.1) is 11.3 Å². The summed E-state index contributed by atoms with van der Waals surface area (Å²) in [5.41, 5.74) is -0.663. The van der Waals surface area contributed by atoms with Crippen molar-refractivity contribution in [1.29, 1.82) is 0 Å². The summed E-state index contributed by atoms with van der Waals surface area (Å²) in [4.78, 5) is 36.4. The molecule has 17 heavy (non-hydrogen) atoms. The summed E-state index contributed by atoms with van der Waals surface area (Å²) in [6, 6.07) is 0. The second kappa shape index (κ2) is 4.85. The number of likely N-dealkylation sites (N-methyl/N-ethyl adjacent to an activating group) is 1. The van der Waals surface area contributed by atoms with Gasteiger partial charge in [0, 0.05) is 13.0 Å². The minimum absolute atomic E-state index is 0.0817. The Kier molecular flexibility index (Phi) is 3.91. The first kappa shape index (κ1) is 13.7. The minimum Gasteiger partial charge on any atom is -0.355 e. The maximum atomic E-state index is 12.1. The van der Waals surface area contributed by atoms with Gasteiger partial charge in [0.1, 0.15) is 6.54 Å². The molecule has 1 aliphatic heterocycles. The zero-order valence-corrected chi connectivity index (χ0v) is 10.9. The quantitative estimate of drug-likeness (QED) is 0.729. The predicted molar refractivity (Wildman–Crippen MR) is 63.0 cm³/mol. The Bertz CT molecular complexity index is 352. The molecule has 0 aliphatic carbocycles. The highest BCUT2D eigenvalue weighted by atomic mass is 16.2. The normalized spacial score (nSPS) is 24.6. The predicted octanol–water partition coefficient (Wildman–Crippen LogP) is 0.544. The highest BCUT2D eigenvalue weighted by Gasteiger charge is 2.50. The Morgan fingerprint density at radius 3 is 2.47 bits per heavy atom. The molecular weight excluding hydrogens is 220 g/mol. The molecule has 0 bridgehead atoms. The minimum atomic E-state index is -0.663. The molecule has 5 heteroatoms. The van der Waals surface area contributed by atoms with Gasteiger partial charge in [-0.1, -0.05) is 13.8 Å².